The molecule has 0 unspecified atom stereocenters. The van der Waals surface area contributed by atoms with E-state index in [4.69, 9.17) is 5.10 Å². The number of hydrogen-bond acceptors (Lipinski definition) is 5. The van der Waals surface area contributed by atoms with Crippen LogP contribution in [0.1, 0.15) is 62.4 Å². The molecule has 0 radical (unpaired) electrons. The third-order valence-electron chi connectivity index (χ3n) is 6.76. The molecule has 1 aliphatic rings. The lowest BCUT2D eigenvalue weighted by molar-refractivity contribution is -0.125. The molecule has 1 amide bonds. The van der Waals surface area contributed by atoms with E-state index in [9.17, 15) is 4.79 Å². The van der Waals surface area contributed by atoms with Crippen LogP contribution in [0.5, 0.6) is 0 Å². The molecule has 2 aromatic heterocycles. The van der Waals surface area contributed by atoms with Crippen LogP contribution in [-0.4, -0.2) is 45.5 Å². The molecule has 1 saturated heterocycles. The van der Waals surface area contributed by atoms with Crippen LogP contribution in [0.2, 0.25) is 0 Å². The molecule has 0 aliphatic carbocycles. The molecular weight excluding hydrogens is 412 g/mol. The van der Waals surface area contributed by atoms with Crippen molar-refractivity contribution >= 4 is 22.6 Å². The van der Waals surface area contributed by atoms with Gasteiger partial charge in [0.25, 0.3) is 0 Å². The summed E-state index contributed by atoms with van der Waals surface area (Å²) in [5, 5.41) is 18.2. The zero-order valence-electron chi connectivity index (χ0n) is 20.4. The van der Waals surface area contributed by atoms with E-state index in [1.54, 1.807) is 0 Å². The van der Waals surface area contributed by atoms with Crippen molar-refractivity contribution in [3.8, 4) is 5.69 Å². The maximum absolute atomic E-state index is 12.6. The summed E-state index contributed by atoms with van der Waals surface area (Å²) in [5.74, 6) is 1.10. The largest absolute Gasteiger partial charge is 0.356 e. The molecule has 4 rings (SSSR count). The highest BCUT2D eigenvalue weighted by atomic mass is 16.1. The molecule has 1 aromatic carbocycles. The van der Waals surface area contributed by atoms with Gasteiger partial charge in [-0.25, -0.2) is 4.68 Å². The Morgan fingerprint density at radius 2 is 1.76 bits per heavy atom. The van der Waals surface area contributed by atoms with Crippen LogP contribution in [0, 0.1) is 26.7 Å². The number of benzene rings is 1. The van der Waals surface area contributed by atoms with Crippen LogP contribution >= 0.6 is 0 Å². The standard InChI is InChI=1S/C26H36N6O/c1-5-6-7-8-15-27-26(33)21-13-16-31(17-14-21)25-24-23(19(3)28-29-25)20(4)32(30-24)22-11-9-18(2)10-12-22/h9-12,21H,5-8,13-17H2,1-4H3,(H,27,33). The fraction of sp³-hybridized carbons (Fsp3) is 0.538. The zero-order chi connectivity index (χ0) is 23.4. The Kier molecular flexibility index (Phi) is 7.26. The fourth-order valence-electron chi connectivity index (χ4n) is 4.72. The second-order valence-corrected chi connectivity index (χ2v) is 9.28. The molecule has 7 nitrogen and oxygen atoms in total. The number of hydrogen-bond donors (Lipinski definition) is 1. The molecule has 1 N–H and O–H groups in total. The third kappa shape index (κ3) is 5.02. The molecule has 0 atom stereocenters. The normalized spacial score (nSPS) is 14.7. The van der Waals surface area contributed by atoms with Gasteiger partial charge in [-0.3, -0.25) is 4.79 Å². The Morgan fingerprint density at radius 1 is 1.03 bits per heavy atom. The van der Waals surface area contributed by atoms with Crippen molar-refractivity contribution < 1.29 is 4.79 Å². The van der Waals surface area contributed by atoms with Crippen molar-refractivity contribution in [1.82, 2.24) is 25.3 Å². The average molecular weight is 449 g/mol. The first kappa shape index (κ1) is 23.2. The second-order valence-electron chi connectivity index (χ2n) is 9.28. The van der Waals surface area contributed by atoms with E-state index in [1.807, 2.05) is 11.6 Å². The number of aryl methyl sites for hydroxylation is 3. The van der Waals surface area contributed by atoms with Gasteiger partial charge in [-0.1, -0.05) is 43.9 Å². The Labute approximate surface area is 196 Å². The summed E-state index contributed by atoms with van der Waals surface area (Å²) in [6.07, 6.45) is 6.36. The van der Waals surface area contributed by atoms with E-state index in [-0.39, 0.29) is 11.8 Å². The van der Waals surface area contributed by atoms with Gasteiger partial charge in [0.05, 0.1) is 22.5 Å². The van der Waals surface area contributed by atoms with Crippen molar-refractivity contribution in [3.63, 3.8) is 0 Å². The maximum Gasteiger partial charge on any atom is 0.223 e. The van der Waals surface area contributed by atoms with Gasteiger partial charge in [0, 0.05) is 25.6 Å². The Hall–Kier alpha value is -2.96. The van der Waals surface area contributed by atoms with Crippen molar-refractivity contribution in [3.05, 3.63) is 41.2 Å². The molecule has 3 heterocycles. The molecule has 7 heteroatoms. The lowest BCUT2D eigenvalue weighted by Crippen LogP contribution is -2.41. The second kappa shape index (κ2) is 10.3. The molecule has 0 spiro atoms. The Morgan fingerprint density at radius 3 is 2.45 bits per heavy atom. The first-order chi connectivity index (χ1) is 16.0. The lowest BCUT2D eigenvalue weighted by atomic mass is 9.95. The minimum absolute atomic E-state index is 0.0770. The molecule has 176 valence electrons. The molecule has 0 bridgehead atoms. The predicted octanol–water partition coefficient (Wildman–Crippen LogP) is 4.65. The monoisotopic (exact) mass is 448 g/mol. The number of fused-ring (bicyclic) bond motifs is 1. The van der Waals surface area contributed by atoms with E-state index < -0.39 is 0 Å². The summed E-state index contributed by atoms with van der Waals surface area (Å²) in [4.78, 5) is 14.8. The van der Waals surface area contributed by atoms with Crippen molar-refractivity contribution in [2.75, 3.05) is 24.5 Å². The number of rotatable bonds is 8. The van der Waals surface area contributed by atoms with Gasteiger partial charge in [0.2, 0.25) is 5.91 Å². The van der Waals surface area contributed by atoms with Gasteiger partial charge in [0.1, 0.15) is 5.52 Å². The van der Waals surface area contributed by atoms with Gasteiger partial charge >= 0.3 is 0 Å². The van der Waals surface area contributed by atoms with Crippen molar-refractivity contribution in [1.29, 1.82) is 0 Å². The minimum Gasteiger partial charge on any atom is -0.356 e. The number of amides is 1. The number of anilines is 1. The lowest BCUT2D eigenvalue weighted by Gasteiger charge is -2.32. The Balaban J connectivity index is 1.48. The highest BCUT2D eigenvalue weighted by Gasteiger charge is 2.28. The zero-order valence-corrected chi connectivity index (χ0v) is 20.4. The molecule has 0 saturated carbocycles. The number of nitrogens with one attached hydrogen (secondary N) is 1. The summed E-state index contributed by atoms with van der Waals surface area (Å²) in [6.45, 7) is 10.7. The SMILES string of the molecule is CCCCCCNC(=O)C1CCN(c2nnc(C)c3c(C)n(-c4ccc(C)cc4)nc23)CC1. The molecule has 3 aromatic rings. The summed E-state index contributed by atoms with van der Waals surface area (Å²) in [5.41, 5.74) is 5.11. The average Bonchev–Trinajstić information content (AvgIpc) is 3.17. The highest BCUT2D eigenvalue weighted by Crippen LogP contribution is 2.31. The highest BCUT2D eigenvalue weighted by molar-refractivity contribution is 5.92. The van der Waals surface area contributed by atoms with Gasteiger partial charge in [0.15, 0.2) is 5.82 Å². The molecule has 1 fully saturated rings. The van der Waals surface area contributed by atoms with E-state index >= 15 is 0 Å². The predicted molar refractivity (Wildman–Crippen MR) is 133 cm³/mol. The minimum atomic E-state index is 0.0770. The number of aromatic nitrogens is 4. The van der Waals surface area contributed by atoms with Crippen LogP contribution in [0.4, 0.5) is 5.82 Å². The smallest absolute Gasteiger partial charge is 0.223 e. The number of carbonyl (C=O) groups excluding carboxylic acids is 1. The van der Waals surface area contributed by atoms with Crippen LogP contribution in [-0.2, 0) is 4.79 Å². The summed E-state index contributed by atoms with van der Waals surface area (Å²) >= 11 is 0. The molecule has 33 heavy (non-hydrogen) atoms. The topological polar surface area (TPSA) is 75.9 Å². The van der Waals surface area contributed by atoms with Crippen molar-refractivity contribution in [2.24, 2.45) is 5.92 Å². The van der Waals surface area contributed by atoms with Gasteiger partial charge in [-0.15, -0.1) is 5.10 Å². The Bertz CT molecular complexity index is 1100. The third-order valence-corrected chi connectivity index (χ3v) is 6.76. The summed E-state index contributed by atoms with van der Waals surface area (Å²) in [7, 11) is 0. The van der Waals surface area contributed by atoms with E-state index in [0.717, 1.165) is 72.7 Å². The quantitative estimate of drug-likeness (QED) is 0.508. The number of piperidine rings is 1. The van der Waals surface area contributed by atoms with Crippen LogP contribution < -0.4 is 10.2 Å². The van der Waals surface area contributed by atoms with Crippen LogP contribution in [0.15, 0.2) is 24.3 Å². The first-order valence-electron chi connectivity index (χ1n) is 12.3. The number of unbranched alkanes of at least 4 members (excludes halogenated alkanes) is 3. The molecular formula is C26H36N6O. The van der Waals surface area contributed by atoms with Gasteiger partial charge in [-0.2, -0.15) is 10.2 Å². The van der Waals surface area contributed by atoms with Gasteiger partial charge in [-0.05, 0) is 52.2 Å². The first-order valence-corrected chi connectivity index (χ1v) is 12.3. The van der Waals surface area contributed by atoms with E-state index in [0.29, 0.717) is 0 Å². The fourth-order valence-corrected chi connectivity index (χ4v) is 4.72. The van der Waals surface area contributed by atoms with Crippen molar-refractivity contribution in [2.45, 2.75) is 66.2 Å². The summed E-state index contributed by atoms with van der Waals surface area (Å²) < 4.78 is 1.99. The maximum atomic E-state index is 12.6. The van der Waals surface area contributed by atoms with Crippen LogP contribution in [0.25, 0.3) is 16.6 Å². The van der Waals surface area contributed by atoms with Crippen LogP contribution in [0.3, 0.4) is 0 Å². The van der Waals surface area contributed by atoms with Gasteiger partial charge < -0.3 is 10.2 Å². The van der Waals surface area contributed by atoms with E-state index in [1.165, 1.54) is 24.8 Å². The molecule has 1 aliphatic heterocycles. The van der Waals surface area contributed by atoms with E-state index in [2.05, 4.69) is 65.5 Å². The summed E-state index contributed by atoms with van der Waals surface area (Å²) in [6, 6.07) is 8.39. The number of carbonyl (C=O) groups is 1. The number of nitrogens with zero attached hydrogens (tertiary/aromatic N) is 5.